The number of benzene rings is 2. The number of carbonyl (C=O) groups excluding carboxylic acids is 1. The van der Waals surface area contributed by atoms with E-state index >= 15 is 0 Å². The number of nitrogens with one attached hydrogen (secondary N) is 1. The average Bonchev–Trinajstić information content (AvgIpc) is 2.90. The van der Waals surface area contributed by atoms with E-state index in [9.17, 15) is 9.18 Å². The van der Waals surface area contributed by atoms with Crippen LogP contribution in [0.2, 0.25) is 0 Å². The van der Waals surface area contributed by atoms with Crippen LogP contribution in [0.4, 0.5) is 10.1 Å². The first-order valence-electron chi connectivity index (χ1n) is 7.70. The molecule has 2 aromatic carbocycles. The first-order chi connectivity index (χ1) is 11.6. The third kappa shape index (κ3) is 3.27. The quantitative estimate of drug-likeness (QED) is 0.914. The highest BCUT2D eigenvalue weighted by Crippen LogP contribution is 2.33. The fourth-order valence-corrected chi connectivity index (χ4v) is 2.65. The van der Waals surface area contributed by atoms with Gasteiger partial charge in [-0.05, 0) is 30.7 Å². The van der Waals surface area contributed by atoms with E-state index in [0.717, 1.165) is 0 Å². The van der Waals surface area contributed by atoms with Gasteiger partial charge in [0, 0.05) is 25.3 Å². The van der Waals surface area contributed by atoms with Gasteiger partial charge in [-0.15, -0.1) is 0 Å². The van der Waals surface area contributed by atoms with Crippen LogP contribution in [0.3, 0.4) is 0 Å². The number of ether oxygens (including phenoxy) is 2. The third-order valence-electron chi connectivity index (χ3n) is 3.99. The Hall–Kier alpha value is -2.76. The number of halogens is 1. The van der Waals surface area contributed by atoms with Gasteiger partial charge in [0.25, 0.3) is 0 Å². The molecule has 0 spiro atoms. The highest BCUT2D eigenvalue weighted by Gasteiger charge is 2.28. The molecule has 1 atom stereocenters. The molecule has 1 N–H and O–H groups in total. The average molecular weight is 330 g/mol. The molecule has 5 nitrogen and oxygen atoms in total. The van der Waals surface area contributed by atoms with Crippen LogP contribution in [0.5, 0.6) is 17.2 Å². The molecule has 1 amide bonds. The Labute approximate surface area is 140 Å². The van der Waals surface area contributed by atoms with E-state index in [4.69, 9.17) is 9.47 Å². The van der Waals surface area contributed by atoms with Crippen LogP contribution in [0.15, 0.2) is 42.5 Å². The number of para-hydroxylation sites is 2. The van der Waals surface area contributed by atoms with E-state index in [1.807, 2.05) is 6.07 Å². The van der Waals surface area contributed by atoms with Gasteiger partial charge in [-0.2, -0.15) is 0 Å². The number of anilines is 1. The molecule has 0 aromatic heterocycles. The number of hydrogen-bond acceptors (Lipinski definition) is 4. The molecular formula is C18H19FN2O3. The van der Waals surface area contributed by atoms with Crippen molar-refractivity contribution in [3.63, 3.8) is 0 Å². The van der Waals surface area contributed by atoms with Crippen LogP contribution in [0.25, 0.3) is 0 Å². The summed E-state index contributed by atoms with van der Waals surface area (Å²) < 4.78 is 25.1. The molecule has 6 heteroatoms. The predicted octanol–water partition coefficient (Wildman–Crippen LogP) is 3.27. The summed E-state index contributed by atoms with van der Waals surface area (Å²) >= 11 is 0. The molecule has 1 unspecified atom stereocenters. The largest absolute Gasteiger partial charge is 0.493 e. The lowest BCUT2D eigenvalue weighted by Gasteiger charge is -2.15. The number of hydrogen-bond donors (Lipinski definition) is 1. The van der Waals surface area contributed by atoms with E-state index in [0.29, 0.717) is 30.2 Å². The molecule has 1 fully saturated rings. The van der Waals surface area contributed by atoms with Crippen LogP contribution < -0.4 is 14.8 Å². The minimum absolute atomic E-state index is 0.0183. The van der Waals surface area contributed by atoms with Gasteiger partial charge in [0.05, 0.1) is 7.11 Å². The number of rotatable bonds is 5. The lowest BCUT2D eigenvalue weighted by atomic mass is 10.2. The zero-order valence-electron chi connectivity index (χ0n) is 13.6. The monoisotopic (exact) mass is 330 g/mol. The molecule has 1 aliphatic heterocycles. The molecule has 126 valence electrons. The number of amides is 1. The minimum atomic E-state index is -0.510. The van der Waals surface area contributed by atoms with Gasteiger partial charge < -0.3 is 19.7 Å². The normalized spacial score (nSPS) is 17.0. The summed E-state index contributed by atoms with van der Waals surface area (Å²) in [5.41, 5.74) is 0.550. The van der Waals surface area contributed by atoms with Crippen molar-refractivity contribution in [3.05, 3.63) is 48.3 Å². The van der Waals surface area contributed by atoms with Gasteiger partial charge in [0.15, 0.2) is 23.1 Å². The number of nitrogens with zero attached hydrogens (tertiary/aromatic N) is 1. The van der Waals surface area contributed by atoms with E-state index in [1.54, 1.807) is 36.2 Å². The van der Waals surface area contributed by atoms with Gasteiger partial charge in [0.1, 0.15) is 6.04 Å². The van der Waals surface area contributed by atoms with Crippen molar-refractivity contribution in [2.45, 2.75) is 12.5 Å². The Morgan fingerprint density at radius 3 is 2.54 bits per heavy atom. The minimum Gasteiger partial charge on any atom is -0.493 e. The smallest absolute Gasteiger partial charge is 0.244 e. The van der Waals surface area contributed by atoms with E-state index in [2.05, 4.69) is 5.32 Å². The number of methoxy groups -OCH3 is 1. The molecular weight excluding hydrogens is 311 g/mol. The van der Waals surface area contributed by atoms with Gasteiger partial charge in [-0.25, -0.2) is 4.39 Å². The summed E-state index contributed by atoms with van der Waals surface area (Å²) in [4.78, 5) is 13.6. The highest BCUT2D eigenvalue weighted by atomic mass is 19.1. The summed E-state index contributed by atoms with van der Waals surface area (Å²) in [6.07, 6.45) is 0.705. The maximum absolute atomic E-state index is 14.3. The SMILES string of the molecule is COc1ccccc1Oc1ccc(NC2CCN(C)C2=O)cc1F. The Morgan fingerprint density at radius 2 is 1.92 bits per heavy atom. The topological polar surface area (TPSA) is 50.8 Å². The predicted molar refractivity (Wildman–Crippen MR) is 89.1 cm³/mol. The molecule has 0 aliphatic carbocycles. The van der Waals surface area contributed by atoms with Gasteiger partial charge in [0.2, 0.25) is 5.91 Å². The molecule has 1 heterocycles. The Kier molecular flexibility index (Phi) is 4.55. The summed E-state index contributed by atoms with van der Waals surface area (Å²) in [6.45, 7) is 0.702. The van der Waals surface area contributed by atoms with Crippen LogP contribution >= 0.6 is 0 Å². The van der Waals surface area contributed by atoms with Crippen LogP contribution in [0.1, 0.15) is 6.42 Å². The van der Waals surface area contributed by atoms with Gasteiger partial charge in [-0.1, -0.05) is 12.1 Å². The zero-order chi connectivity index (χ0) is 17.1. The molecule has 0 saturated carbocycles. The lowest BCUT2D eigenvalue weighted by Crippen LogP contribution is -2.30. The number of likely N-dealkylation sites (N-methyl/N-ethyl adjacent to an activating group) is 1. The fourth-order valence-electron chi connectivity index (χ4n) is 2.65. The molecule has 0 bridgehead atoms. The maximum atomic E-state index is 14.3. The summed E-state index contributed by atoms with van der Waals surface area (Å²) in [5.74, 6) is 0.570. The summed E-state index contributed by atoms with van der Waals surface area (Å²) in [6, 6.07) is 11.3. The van der Waals surface area contributed by atoms with Gasteiger partial charge >= 0.3 is 0 Å². The molecule has 24 heavy (non-hydrogen) atoms. The lowest BCUT2D eigenvalue weighted by molar-refractivity contribution is -0.127. The number of likely N-dealkylation sites (tertiary alicyclic amines) is 1. The first-order valence-corrected chi connectivity index (χ1v) is 7.70. The maximum Gasteiger partial charge on any atom is 0.244 e. The molecule has 1 aliphatic rings. The van der Waals surface area contributed by atoms with Crippen LogP contribution in [-0.4, -0.2) is 37.6 Å². The molecule has 1 saturated heterocycles. The second-order valence-corrected chi connectivity index (χ2v) is 5.64. The van der Waals surface area contributed by atoms with Crippen molar-refractivity contribution in [1.29, 1.82) is 0 Å². The Morgan fingerprint density at radius 1 is 1.17 bits per heavy atom. The molecule has 3 rings (SSSR count). The van der Waals surface area contributed by atoms with E-state index in [-0.39, 0.29) is 17.7 Å². The highest BCUT2D eigenvalue weighted by molar-refractivity contribution is 5.86. The van der Waals surface area contributed by atoms with Crippen molar-refractivity contribution in [2.75, 3.05) is 26.0 Å². The van der Waals surface area contributed by atoms with Crippen molar-refractivity contribution in [2.24, 2.45) is 0 Å². The van der Waals surface area contributed by atoms with Crippen LogP contribution in [0, 0.1) is 5.82 Å². The standard InChI is InChI=1S/C18H19FN2O3/c1-21-10-9-14(18(21)22)20-12-7-8-15(13(19)11-12)24-17-6-4-3-5-16(17)23-2/h3-8,11,14,20H,9-10H2,1-2H3. The first kappa shape index (κ1) is 16.1. The molecule has 2 aromatic rings. The van der Waals surface area contributed by atoms with Crippen LogP contribution in [-0.2, 0) is 4.79 Å². The summed E-state index contributed by atoms with van der Waals surface area (Å²) in [5, 5.41) is 3.06. The molecule has 0 radical (unpaired) electrons. The van der Waals surface area contributed by atoms with E-state index < -0.39 is 5.82 Å². The second-order valence-electron chi connectivity index (χ2n) is 5.64. The van der Waals surface area contributed by atoms with Crippen molar-refractivity contribution in [1.82, 2.24) is 4.90 Å². The van der Waals surface area contributed by atoms with Crippen molar-refractivity contribution < 1.29 is 18.7 Å². The van der Waals surface area contributed by atoms with Crippen molar-refractivity contribution in [3.8, 4) is 17.2 Å². The zero-order valence-corrected chi connectivity index (χ0v) is 13.6. The van der Waals surface area contributed by atoms with Crippen molar-refractivity contribution >= 4 is 11.6 Å². The Bertz CT molecular complexity index is 751. The van der Waals surface area contributed by atoms with E-state index in [1.165, 1.54) is 19.2 Å². The third-order valence-corrected chi connectivity index (χ3v) is 3.99. The second kappa shape index (κ2) is 6.78. The summed E-state index contributed by atoms with van der Waals surface area (Å²) in [7, 11) is 3.29. The number of carbonyl (C=O) groups is 1. The Balaban J connectivity index is 1.74. The van der Waals surface area contributed by atoms with Gasteiger partial charge in [-0.3, -0.25) is 4.79 Å². The fraction of sp³-hybridized carbons (Fsp3) is 0.278.